The molecule has 0 saturated heterocycles. The Morgan fingerprint density at radius 1 is 1.20 bits per heavy atom. The van der Waals surface area contributed by atoms with Crippen molar-refractivity contribution in [3.63, 3.8) is 0 Å². The van der Waals surface area contributed by atoms with Crippen LogP contribution in [0.25, 0.3) is 10.2 Å². The predicted octanol–water partition coefficient (Wildman–Crippen LogP) is 4.51. The molecule has 0 aliphatic heterocycles. The maximum Gasteiger partial charge on any atom is 0.262 e. The van der Waals surface area contributed by atoms with Gasteiger partial charge in [0.25, 0.3) is 11.5 Å². The van der Waals surface area contributed by atoms with E-state index in [0.717, 1.165) is 5.56 Å². The van der Waals surface area contributed by atoms with E-state index in [-0.39, 0.29) is 23.3 Å². The molecule has 0 aliphatic carbocycles. The molecule has 0 aliphatic rings. The lowest BCUT2D eigenvalue weighted by Crippen LogP contribution is -2.26. The van der Waals surface area contributed by atoms with Crippen molar-refractivity contribution in [1.82, 2.24) is 15.3 Å². The van der Waals surface area contributed by atoms with Crippen molar-refractivity contribution in [1.29, 1.82) is 0 Å². The van der Waals surface area contributed by atoms with Crippen LogP contribution in [0, 0.1) is 12.7 Å². The molecule has 0 fully saturated rings. The molecular weight excluding hydrogens is 401 g/mol. The first kappa shape index (κ1) is 20.0. The number of hydrogen-bond donors (Lipinski definition) is 2. The number of thiophene rings is 1. The average Bonchev–Trinajstić information content (AvgIpc) is 3.05. The zero-order chi connectivity index (χ0) is 21.3. The zero-order valence-electron chi connectivity index (χ0n) is 16.5. The summed E-state index contributed by atoms with van der Waals surface area (Å²) < 4.78 is 13.5. The monoisotopic (exact) mass is 421 g/mol. The van der Waals surface area contributed by atoms with E-state index >= 15 is 0 Å². The second kappa shape index (κ2) is 8.20. The predicted molar refractivity (Wildman–Crippen MR) is 117 cm³/mol. The van der Waals surface area contributed by atoms with Crippen LogP contribution in [-0.4, -0.2) is 15.9 Å². The number of halogens is 1. The molecule has 2 N–H and O–H groups in total. The van der Waals surface area contributed by atoms with Gasteiger partial charge in [0.05, 0.1) is 16.3 Å². The van der Waals surface area contributed by atoms with Gasteiger partial charge in [0, 0.05) is 6.42 Å². The van der Waals surface area contributed by atoms with E-state index < -0.39 is 0 Å². The van der Waals surface area contributed by atoms with Crippen molar-refractivity contribution in [2.24, 2.45) is 0 Å². The van der Waals surface area contributed by atoms with Crippen LogP contribution in [0.15, 0.2) is 59.4 Å². The van der Waals surface area contributed by atoms with Gasteiger partial charge in [-0.15, -0.1) is 11.3 Å². The Hall–Kier alpha value is -3.32. The van der Waals surface area contributed by atoms with E-state index in [4.69, 9.17) is 0 Å². The lowest BCUT2D eigenvalue weighted by Gasteiger charge is -2.14. The van der Waals surface area contributed by atoms with Crippen molar-refractivity contribution in [2.45, 2.75) is 26.3 Å². The number of amides is 1. The van der Waals surface area contributed by atoms with Crippen molar-refractivity contribution in [3.8, 4) is 0 Å². The van der Waals surface area contributed by atoms with E-state index in [1.165, 1.54) is 23.5 Å². The minimum Gasteiger partial charge on any atom is -0.345 e. The highest BCUT2D eigenvalue weighted by Crippen LogP contribution is 2.28. The molecule has 2 heterocycles. The van der Waals surface area contributed by atoms with Crippen molar-refractivity contribution < 1.29 is 9.18 Å². The van der Waals surface area contributed by atoms with Crippen molar-refractivity contribution >= 4 is 27.5 Å². The summed E-state index contributed by atoms with van der Waals surface area (Å²) in [4.78, 5) is 33.9. The number of aromatic amines is 1. The number of fused-ring (bicyclic) bond motifs is 1. The molecule has 4 rings (SSSR count). The molecule has 1 unspecified atom stereocenters. The number of rotatable bonds is 5. The SMILES string of the molecule is Cc1c(C(=O)NC(C)c2cccc(F)c2)sc2nc(Cc3ccccc3)[nH]c(=O)c12. The molecule has 0 radical (unpaired) electrons. The van der Waals surface area contributed by atoms with Gasteiger partial charge in [-0.25, -0.2) is 9.37 Å². The van der Waals surface area contributed by atoms with Crippen LogP contribution >= 0.6 is 11.3 Å². The number of hydrogen-bond acceptors (Lipinski definition) is 4. The Kier molecular flexibility index (Phi) is 5.46. The maximum absolute atomic E-state index is 13.5. The van der Waals surface area contributed by atoms with Gasteiger partial charge in [-0.1, -0.05) is 42.5 Å². The summed E-state index contributed by atoms with van der Waals surface area (Å²) in [6, 6.07) is 15.5. The molecule has 7 heteroatoms. The molecule has 5 nitrogen and oxygen atoms in total. The summed E-state index contributed by atoms with van der Waals surface area (Å²) in [5, 5.41) is 3.31. The first-order chi connectivity index (χ1) is 14.4. The second-order valence-electron chi connectivity index (χ2n) is 7.16. The number of carbonyl (C=O) groups is 1. The van der Waals surface area contributed by atoms with Crippen LogP contribution in [-0.2, 0) is 6.42 Å². The summed E-state index contributed by atoms with van der Waals surface area (Å²) in [6.45, 7) is 3.53. The lowest BCUT2D eigenvalue weighted by molar-refractivity contribution is 0.0943. The summed E-state index contributed by atoms with van der Waals surface area (Å²) in [6.07, 6.45) is 0.501. The Balaban J connectivity index is 1.63. The molecule has 152 valence electrons. The third kappa shape index (κ3) is 4.02. The molecular formula is C23H20FN3O2S. The number of aryl methyl sites for hydroxylation is 1. The molecule has 0 saturated carbocycles. The Morgan fingerprint density at radius 2 is 1.97 bits per heavy atom. The minimum absolute atomic E-state index is 0.253. The van der Waals surface area contributed by atoms with Gasteiger partial charge < -0.3 is 10.3 Å². The lowest BCUT2D eigenvalue weighted by atomic mass is 10.1. The largest absolute Gasteiger partial charge is 0.345 e. The number of aromatic nitrogens is 2. The molecule has 0 bridgehead atoms. The standard InChI is InChI=1S/C23H20FN3O2S/c1-13-19-21(28)26-18(11-15-7-4-3-5-8-15)27-23(19)30-20(13)22(29)25-14(2)16-9-6-10-17(24)12-16/h3-10,12,14H,11H2,1-2H3,(H,25,29)(H,26,27,28). The van der Waals surface area contributed by atoms with Gasteiger partial charge in [-0.3, -0.25) is 9.59 Å². The van der Waals surface area contributed by atoms with E-state index in [2.05, 4.69) is 15.3 Å². The molecule has 0 spiro atoms. The van der Waals surface area contributed by atoms with Gasteiger partial charge in [0.2, 0.25) is 0 Å². The normalized spacial score (nSPS) is 12.1. The number of carbonyl (C=O) groups excluding carboxylic acids is 1. The van der Waals surface area contributed by atoms with Gasteiger partial charge in [0.15, 0.2) is 0 Å². The highest BCUT2D eigenvalue weighted by Gasteiger charge is 2.21. The van der Waals surface area contributed by atoms with Crippen LogP contribution in [0.2, 0.25) is 0 Å². The summed E-state index contributed by atoms with van der Waals surface area (Å²) >= 11 is 1.19. The fourth-order valence-electron chi connectivity index (χ4n) is 3.40. The fraction of sp³-hybridized carbons (Fsp3) is 0.174. The quantitative estimate of drug-likeness (QED) is 0.498. The first-order valence-corrected chi connectivity index (χ1v) is 10.4. The Labute approximate surface area is 176 Å². The van der Waals surface area contributed by atoms with E-state index in [9.17, 15) is 14.0 Å². The number of H-pyrrole nitrogens is 1. The minimum atomic E-state index is -0.377. The average molecular weight is 421 g/mol. The van der Waals surface area contributed by atoms with Crippen LogP contribution < -0.4 is 10.9 Å². The summed E-state index contributed by atoms with van der Waals surface area (Å²) in [5.41, 5.74) is 2.05. The number of benzene rings is 2. The molecule has 4 aromatic rings. The molecule has 1 amide bonds. The number of nitrogens with zero attached hydrogens (tertiary/aromatic N) is 1. The fourth-order valence-corrected chi connectivity index (χ4v) is 4.50. The van der Waals surface area contributed by atoms with Crippen molar-refractivity contribution in [3.05, 3.63) is 98.2 Å². The molecule has 1 atom stereocenters. The summed E-state index contributed by atoms with van der Waals surface area (Å²) in [5.74, 6) is -0.107. The highest BCUT2D eigenvalue weighted by molar-refractivity contribution is 7.20. The van der Waals surface area contributed by atoms with Crippen LogP contribution in [0.1, 0.15) is 45.2 Å². The van der Waals surface area contributed by atoms with E-state index in [1.54, 1.807) is 26.0 Å². The topological polar surface area (TPSA) is 74.8 Å². The summed E-state index contributed by atoms with van der Waals surface area (Å²) in [7, 11) is 0. The molecule has 2 aromatic carbocycles. The van der Waals surface area contributed by atoms with E-state index in [1.807, 2.05) is 30.3 Å². The van der Waals surface area contributed by atoms with Gasteiger partial charge in [-0.05, 0) is 42.7 Å². The molecule has 30 heavy (non-hydrogen) atoms. The molecule has 2 aromatic heterocycles. The Bertz CT molecular complexity index is 1280. The highest BCUT2D eigenvalue weighted by atomic mass is 32.1. The van der Waals surface area contributed by atoms with Crippen LogP contribution in [0.3, 0.4) is 0 Å². The Morgan fingerprint density at radius 3 is 2.70 bits per heavy atom. The number of nitrogens with one attached hydrogen (secondary N) is 2. The zero-order valence-corrected chi connectivity index (χ0v) is 17.3. The van der Waals surface area contributed by atoms with Crippen LogP contribution in [0.5, 0.6) is 0 Å². The van der Waals surface area contributed by atoms with Gasteiger partial charge >= 0.3 is 0 Å². The van der Waals surface area contributed by atoms with Crippen molar-refractivity contribution in [2.75, 3.05) is 0 Å². The third-order valence-corrected chi connectivity index (χ3v) is 6.15. The maximum atomic E-state index is 13.5. The second-order valence-corrected chi connectivity index (χ2v) is 8.16. The van der Waals surface area contributed by atoms with Crippen LogP contribution in [0.4, 0.5) is 4.39 Å². The van der Waals surface area contributed by atoms with E-state index in [0.29, 0.717) is 38.5 Å². The van der Waals surface area contributed by atoms with Gasteiger partial charge in [0.1, 0.15) is 16.5 Å². The smallest absolute Gasteiger partial charge is 0.262 e. The third-order valence-electron chi connectivity index (χ3n) is 4.97. The first-order valence-electron chi connectivity index (χ1n) is 9.55. The van der Waals surface area contributed by atoms with Gasteiger partial charge in [-0.2, -0.15) is 0 Å².